The van der Waals surface area contributed by atoms with E-state index in [0.29, 0.717) is 10.0 Å². The maximum atomic E-state index is 6.17. The van der Waals surface area contributed by atoms with Crippen LogP contribution in [-0.4, -0.2) is 13.3 Å². The van der Waals surface area contributed by atoms with Gasteiger partial charge in [-0.05, 0) is 54.4 Å². The number of benzene rings is 2. The van der Waals surface area contributed by atoms with Gasteiger partial charge in [-0.2, -0.15) is 0 Å². The first-order valence-corrected chi connectivity index (χ1v) is 6.98. The number of halogens is 2. The summed E-state index contributed by atoms with van der Waals surface area (Å²) in [6, 6.07) is 13.2. The monoisotopic (exact) mass is 307 g/mol. The van der Waals surface area contributed by atoms with Crippen LogP contribution in [0.1, 0.15) is 24.1 Å². The van der Waals surface area contributed by atoms with Crippen LogP contribution >= 0.6 is 23.2 Å². The largest absolute Gasteiger partial charge is 0.497 e. The van der Waals surface area contributed by atoms with Crippen LogP contribution in [0.25, 0.3) is 0 Å². The molecule has 0 fully saturated rings. The molecule has 0 radical (unpaired) electrons. The van der Waals surface area contributed by atoms with Gasteiger partial charge in [-0.3, -0.25) is 4.99 Å². The Bertz CT molecular complexity index is 608. The van der Waals surface area contributed by atoms with E-state index < -0.39 is 0 Å². The predicted octanol–water partition coefficient (Wildman–Crippen LogP) is 5.18. The van der Waals surface area contributed by atoms with Gasteiger partial charge in [0.2, 0.25) is 0 Å². The van der Waals surface area contributed by atoms with Crippen molar-refractivity contribution in [2.24, 2.45) is 4.99 Å². The maximum Gasteiger partial charge on any atom is 0.118 e. The second-order valence-corrected chi connectivity index (χ2v) is 5.24. The number of hydrogen-bond acceptors (Lipinski definition) is 2. The van der Waals surface area contributed by atoms with Crippen LogP contribution in [0.2, 0.25) is 10.0 Å². The second kappa shape index (κ2) is 6.78. The molecule has 2 aromatic carbocycles. The molecule has 0 N–H and O–H groups in total. The zero-order valence-corrected chi connectivity index (χ0v) is 12.8. The van der Waals surface area contributed by atoms with Gasteiger partial charge in [-0.25, -0.2) is 0 Å². The lowest BCUT2D eigenvalue weighted by Crippen LogP contribution is -1.93. The molecule has 104 valence electrons. The molecule has 0 spiro atoms. The quantitative estimate of drug-likeness (QED) is 0.713. The fraction of sp³-hybridized carbons (Fsp3) is 0.188. The summed E-state index contributed by atoms with van der Waals surface area (Å²) in [5.41, 5.74) is 1.98. The first-order chi connectivity index (χ1) is 9.60. The second-order valence-electron chi connectivity index (χ2n) is 4.39. The summed E-state index contributed by atoms with van der Waals surface area (Å²) in [5.74, 6) is 0.830. The highest BCUT2D eigenvalue weighted by Gasteiger charge is 2.07. The van der Waals surface area contributed by atoms with Gasteiger partial charge in [-0.1, -0.05) is 29.3 Å². The molecule has 1 atom stereocenters. The highest BCUT2D eigenvalue weighted by Crippen LogP contribution is 2.28. The van der Waals surface area contributed by atoms with Gasteiger partial charge in [0, 0.05) is 16.3 Å². The summed E-state index contributed by atoms with van der Waals surface area (Å²) in [6.07, 6.45) is 1.83. The van der Waals surface area contributed by atoms with E-state index in [2.05, 4.69) is 4.99 Å². The van der Waals surface area contributed by atoms with E-state index in [1.54, 1.807) is 13.2 Å². The van der Waals surface area contributed by atoms with E-state index in [9.17, 15) is 0 Å². The summed E-state index contributed by atoms with van der Waals surface area (Å²) in [4.78, 5) is 4.52. The number of aliphatic imine (C=N–C) groups is 1. The zero-order chi connectivity index (χ0) is 14.5. The lowest BCUT2D eigenvalue weighted by atomic mass is 10.1. The molecule has 2 rings (SSSR count). The van der Waals surface area contributed by atoms with Crippen molar-refractivity contribution < 1.29 is 4.74 Å². The lowest BCUT2D eigenvalue weighted by molar-refractivity contribution is 0.415. The Morgan fingerprint density at radius 3 is 2.40 bits per heavy atom. The maximum absolute atomic E-state index is 6.17. The molecule has 2 aromatic rings. The third kappa shape index (κ3) is 3.75. The Morgan fingerprint density at radius 2 is 1.80 bits per heavy atom. The molecule has 4 heteroatoms. The van der Waals surface area contributed by atoms with E-state index in [1.165, 1.54) is 0 Å². The third-order valence-corrected chi connectivity index (χ3v) is 3.54. The van der Waals surface area contributed by atoms with Gasteiger partial charge in [0.05, 0.1) is 13.2 Å². The van der Waals surface area contributed by atoms with Gasteiger partial charge in [0.1, 0.15) is 5.75 Å². The Labute approximate surface area is 129 Å². The van der Waals surface area contributed by atoms with Gasteiger partial charge >= 0.3 is 0 Å². The van der Waals surface area contributed by atoms with Crippen molar-refractivity contribution in [3.05, 3.63) is 63.6 Å². The number of ether oxygens (including phenoxy) is 1. The topological polar surface area (TPSA) is 21.6 Å². The fourth-order valence-electron chi connectivity index (χ4n) is 1.81. The first-order valence-electron chi connectivity index (χ1n) is 6.22. The van der Waals surface area contributed by atoms with E-state index in [-0.39, 0.29) is 6.04 Å². The molecule has 0 aliphatic carbocycles. The summed E-state index contributed by atoms with van der Waals surface area (Å²) in [6.45, 7) is 2.00. The minimum Gasteiger partial charge on any atom is -0.497 e. The summed E-state index contributed by atoms with van der Waals surface area (Å²) in [7, 11) is 1.65. The summed E-state index contributed by atoms with van der Waals surface area (Å²) < 4.78 is 5.12. The minimum absolute atomic E-state index is 0.0260. The van der Waals surface area contributed by atoms with Crippen molar-refractivity contribution in [1.82, 2.24) is 0 Å². The average Bonchev–Trinajstić information content (AvgIpc) is 2.45. The minimum atomic E-state index is -0.0260. The lowest BCUT2D eigenvalue weighted by Gasteiger charge is -2.09. The van der Waals surface area contributed by atoms with Crippen molar-refractivity contribution in [3.8, 4) is 5.75 Å². The zero-order valence-electron chi connectivity index (χ0n) is 11.3. The average molecular weight is 308 g/mol. The predicted molar refractivity (Wildman–Crippen MR) is 85.5 cm³/mol. The van der Waals surface area contributed by atoms with Crippen LogP contribution in [0.5, 0.6) is 5.75 Å². The number of nitrogens with zero attached hydrogens (tertiary/aromatic N) is 1. The van der Waals surface area contributed by atoms with Crippen molar-refractivity contribution in [1.29, 1.82) is 0 Å². The Morgan fingerprint density at radius 1 is 1.10 bits per heavy atom. The Kier molecular flexibility index (Phi) is 5.05. The van der Waals surface area contributed by atoms with Crippen LogP contribution in [0, 0.1) is 0 Å². The van der Waals surface area contributed by atoms with Crippen LogP contribution in [0.15, 0.2) is 47.5 Å². The molecule has 0 saturated heterocycles. The molecule has 0 aromatic heterocycles. The molecule has 0 aliphatic rings. The van der Waals surface area contributed by atoms with Crippen molar-refractivity contribution in [2.75, 3.05) is 7.11 Å². The standard InChI is InChI=1S/C16H15Cl2NO/c1-11(15-8-5-13(17)9-16(15)18)19-10-12-3-6-14(20-2)7-4-12/h3-11H,1-2H3. The highest BCUT2D eigenvalue weighted by molar-refractivity contribution is 6.35. The van der Waals surface area contributed by atoms with Gasteiger partial charge in [-0.15, -0.1) is 0 Å². The molecule has 0 heterocycles. The number of rotatable bonds is 4. The summed E-state index contributed by atoms with van der Waals surface area (Å²) in [5, 5.41) is 1.27. The van der Waals surface area contributed by atoms with Gasteiger partial charge < -0.3 is 4.74 Å². The fourth-order valence-corrected chi connectivity index (χ4v) is 2.37. The van der Waals surface area contributed by atoms with Gasteiger partial charge in [0.25, 0.3) is 0 Å². The smallest absolute Gasteiger partial charge is 0.118 e. The van der Waals surface area contributed by atoms with Crippen molar-refractivity contribution in [3.63, 3.8) is 0 Å². The molecular formula is C16H15Cl2NO. The van der Waals surface area contributed by atoms with Crippen LogP contribution in [0.4, 0.5) is 0 Å². The third-order valence-electron chi connectivity index (χ3n) is 2.98. The van der Waals surface area contributed by atoms with E-state index in [4.69, 9.17) is 27.9 Å². The highest BCUT2D eigenvalue weighted by atomic mass is 35.5. The molecule has 0 aliphatic heterocycles. The Balaban J connectivity index is 2.13. The van der Waals surface area contributed by atoms with Crippen molar-refractivity contribution >= 4 is 29.4 Å². The molecule has 20 heavy (non-hydrogen) atoms. The summed E-state index contributed by atoms with van der Waals surface area (Å²) >= 11 is 12.1. The van der Waals surface area contributed by atoms with Crippen LogP contribution in [0.3, 0.4) is 0 Å². The molecule has 0 bridgehead atoms. The molecule has 1 unspecified atom stereocenters. The normalized spacial score (nSPS) is 12.6. The molecule has 2 nitrogen and oxygen atoms in total. The SMILES string of the molecule is COc1ccc(C=NC(C)c2ccc(Cl)cc2Cl)cc1. The van der Waals surface area contributed by atoms with E-state index >= 15 is 0 Å². The first kappa shape index (κ1) is 14.9. The van der Waals surface area contributed by atoms with Gasteiger partial charge in [0.15, 0.2) is 0 Å². The number of methoxy groups -OCH3 is 1. The molecule has 0 saturated carbocycles. The van der Waals surface area contributed by atoms with E-state index in [1.807, 2.05) is 49.5 Å². The Hall–Kier alpha value is -1.51. The van der Waals surface area contributed by atoms with Crippen LogP contribution < -0.4 is 4.74 Å². The van der Waals surface area contributed by atoms with Crippen molar-refractivity contribution in [2.45, 2.75) is 13.0 Å². The van der Waals surface area contributed by atoms with E-state index in [0.717, 1.165) is 16.9 Å². The molecule has 0 amide bonds. The number of hydrogen-bond donors (Lipinski definition) is 0. The van der Waals surface area contributed by atoms with Crippen LogP contribution in [-0.2, 0) is 0 Å². The molecular weight excluding hydrogens is 293 g/mol.